The van der Waals surface area contributed by atoms with E-state index in [1.807, 2.05) is 6.07 Å². The SMILES string of the molecule is COC(=O)C1CCCCCC1NCc1ccon1. The summed E-state index contributed by atoms with van der Waals surface area (Å²) in [5, 5.41) is 7.27. The van der Waals surface area contributed by atoms with Gasteiger partial charge in [0.1, 0.15) is 6.26 Å². The molecule has 18 heavy (non-hydrogen) atoms. The second kappa shape index (κ2) is 6.54. The summed E-state index contributed by atoms with van der Waals surface area (Å²) in [7, 11) is 1.46. The van der Waals surface area contributed by atoms with E-state index in [0.29, 0.717) is 6.54 Å². The van der Waals surface area contributed by atoms with Crippen molar-refractivity contribution in [3.63, 3.8) is 0 Å². The van der Waals surface area contributed by atoms with Crippen LogP contribution in [0.25, 0.3) is 0 Å². The molecule has 1 N–H and O–H groups in total. The first-order valence-electron chi connectivity index (χ1n) is 6.51. The molecule has 0 aromatic carbocycles. The predicted octanol–water partition coefficient (Wildman–Crippen LogP) is 1.89. The van der Waals surface area contributed by atoms with Crippen molar-refractivity contribution in [2.24, 2.45) is 5.92 Å². The molecule has 0 bridgehead atoms. The van der Waals surface area contributed by atoms with Crippen molar-refractivity contribution in [1.29, 1.82) is 0 Å². The Morgan fingerprint density at radius 2 is 2.33 bits per heavy atom. The lowest BCUT2D eigenvalue weighted by molar-refractivity contribution is -0.146. The number of nitrogens with one attached hydrogen (secondary N) is 1. The molecule has 1 aromatic heterocycles. The Balaban J connectivity index is 1.94. The summed E-state index contributed by atoms with van der Waals surface area (Å²) < 4.78 is 9.69. The summed E-state index contributed by atoms with van der Waals surface area (Å²) in [6, 6.07) is 2.01. The fourth-order valence-corrected chi connectivity index (χ4v) is 2.55. The zero-order valence-corrected chi connectivity index (χ0v) is 10.7. The summed E-state index contributed by atoms with van der Waals surface area (Å²) in [5.41, 5.74) is 0.864. The molecular formula is C13H20N2O3. The number of methoxy groups -OCH3 is 1. The van der Waals surface area contributed by atoms with Crippen LogP contribution in [0.4, 0.5) is 0 Å². The van der Waals surface area contributed by atoms with Gasteiger partial charge in [-0.3, -0.25) is 4.79 Å². The number of ether oxygens (including phenoxy) is 1. The number of hydrogen-bond donors (Lipinski definition) is 1. The quantitative estimate of drug-likeness (QED) is 0.655. The van der Waals surface area contributed by atoms with E-state index in [9.17, 15) is 4.79 Å². The van der Waals surface area contributed by atoms with E-state index in [1.54, 1.807) is 6.26 Å². The van der Waals surface area contributed by atoms with Gasteiger partial charge in [0, 0.05) is 18.7 Å². The number of nitrogens with zero attached hydrogens (tertiary/aromatic N) is 1. The lowest BCUT2D eigenvalue weighted by atomic mass is 9.95. The molecule has 2 atom stereocenters. The second-order valence-corrected chi connectivity index (χ2v) is 4.75. The topological polar surface area (TPSA) is 64.4 Å². The molecule has 1 aromatic rings. The Morgan fingerprint density at radius 1 is 1.50 bits per heavy atom. The van der Waals surface area contributed by atoms with Crippen LogP contribution in [0.2, 0.25) is 0 Å². The van der Waals surface area contributed by atoms with Crippen molar-refractivity contribution < 1.29 is 14.1 Å². The molecule has 0 saturated heterocycles. The van der Waals surface area contributed by atoms with Crippen LogP contribution < -0.4 is 5.32 Å². The van der Waals surface area contributed by atoms with Gasteiger partial charge in [0.05, 0.1) is 18.7 Å². The van der Waals surface area contributed by atoms with Crippen molar-refractivity contribution >= 4 is 5.97 Å². The van der Waals surface area contributed by atoms with Crippen molar-refractivity contribution in [3.05, 3.63) is 18.0 Å². The predicted molar refractivity (Wildman–Crippen MR) is 65.7 cm³/mol. The van der Waals surface area contributed by atoms with E-state index in [4.69, 9.17) is 9.26 Å². The van der Waals surface area contributed by atoms with Crippen LogP contribution in [0.1, 0.15) is 37.8 Å². The van der Waals surface area contributed by atoms with E-state index >= 15 is 0 Å². The third-order valence-corrected chi connectivity index (χ3v) is 3.56. The largest absolute Gasteiger partial charge is 0.469 e. The third-order valence-electron chi connectivity index (χ3n) is 3.56. The summed E-state index contributed by atoms with van der Waals surface area (Å²) in [6.45, 7) is 0.634. The molecule has 1 aliphatic rings. The van der Waals surface area contributed by atoms with E-state index in [2.05, 4.69) is 10.5 Å². The average Bonchev–Trinajstić information content (AvgIpc) is 2.80. The van der Waals surface area contributed by atoms with Crippen LogP contribution in [-0.4, -0.2) is 24.3 Å². The van der Waals surface area contributed by atoms with Crippen LogP contribution in [0.5, 0.6) is 0 Å². The summed E-state index contributed by atoms with van der Waals surface area (Å²) in [4.78, 5) is 11.8. The summed E-state index contributed by atoms with van der Waals surface area (Å²) in [6.07, 6.45) is 6.92. The minimum Gasteiger partial charge on any atom is -0.469 e. The molecule has 2 unspecified atom stereocenters. The number of esters is 1. The first kappa shape index (κ1) is 13.1. The maximum atomic E-state index is 11.8. The molecule has 0 radical (unpaired) electrons. The van der Waals surface area contributed by atoms with Gasteiger partial charge in [-0.1, -0.05) is 24.4 Å². The zero-order valence-electron chi connectivity index (χ0n) is 10.7. The monoisotopic (exact) mass is 252 g/mol. The molecule has 5 heteroatoms. The normalized spacial score (nSPS) is 24.5. The van der Waals surface area contributed by atoms with Crippen molar-refractivity contribution in [3.8, 4) is 0 Å². The molecule has 1 fully saturated rings. The fraction of sp³-hybridized carbons (Fsp3) is 0.692. The van der Waals surface area contributed by atoms with Gasteiger partial charge in [0.25, 0.3) is 0 Å². The molecule has 0 amide bonds. The average molecular weight is 252 g/mol. The molecule has 0 aliphatic heterocycles. The van der Waals surface area contributed by atoms with Gasteiger partial charge >= 0.3 is 5.97 Å². The van der Waals surface area contributed by atoms with E-state index in [-0.39, 0.29) is 17.9 Å². The van der Waals surface area contributed by atoms with E-state index in [1.165, 1.54) is 13.5 Å². The Kier molecular flexibility index (Phi) is 4.75. The summed E-state index contributed by atoms with van der Waals surface area (Å²) >= 11 is 0. The van der Waals surface area contributed by atoms with Crippen LogP contribution in [0.3, 0.4) is 0 Å². The second-order valence-electron chi connectivity index (χ2n) is 4.75. The minimum atomic E-state index is -0.102. The number of aromatic nitrogens is 1. The van der Waals surface area contributed by atoms with Gasteiger partial charge in [-0.15, -0.1) is 0 Å². The third kappa shape index (κ3) is 3.32. The van der Waals surface area contributed by atoms with Crippen LogP contribution in [-0.2, 0) is 16.1 Å². The van der Waals surface area contributed by atoms with Crippen molar-refractivity contribution in [1.82, 2.24) is 10.5 Å². The lowest BCUT2D eigenvalue weighted by Gasteiger charge is -2.23. The smallest absolute Gasteiger partial charge is 0.310 e. The highest BCUT2D eigenvalue weighted by molar-refractivity contribution is 5.73. The Labute approximate surface area is 107 Å². The number of carbonyl (C=O) groups is 1. The standard InChI is InChI=1S/C13H20N2O3/c1-17-13(16)11-5-3-2-4-6-12(11)14-9-10-7-8-18-15-10/h7-8,11-12,14H,2-6,9H2,1H3. The van der Waals surface area contributed by atoms with E-state index < -0.39 is 0 Å². The number of rotatable bonds is 4. The van der Waals surface area contributed by atoms with Crippen LogP contribution in [0.15, 0.2) is 16.9 Å². The first-order valence-corrected chi connectivity index (χ1v) is 6.51. The molecule has 0 spiro atoms. The van der Waals surface area contributed by atoms with E-state index in [0.717, 1.165) is 31.4 Å². The van der Waals surface area contributed by atoms with Gasteiger partial charge in [-0.05, 0) is 12.8 Å². The fourth-order valence-electron chi connectivity index (χ4n) is 2.55. The Bertz CT molecular complexity index is 364. The summed E-state index contributed by atoms with van der Waals surface area (Å²) in [5.74, 6) is -0.140. The minimum absolute atomic E-state index is 0.0376. The highest BCUT2D eigenvalue weighted by Crippen LogP contribution is 2.24. The van der Waals surface area contributed by atoms with Gasteiger partial charge in [-0.2, -0.15) is 0 Å². The maximum absolute atomic E-state index is 11.8. The first-order chi connectivity index (χ1) is 8.81. The maximum Gasteiger partial charge on any atom is 0.310 e. The van der Waals surface area contributed by atoms with Gasteiger partial charge < -0.3 is 14.6 Å². The zero-order chi connectivity index (χ0) is 12.8. The van der Waals surface area contributed by atoms with Crippen LogP contribution >= 0.6 is 0 Å². The molecule has 1 saturated carbocycles. The van der Waals surface area contributed by atoms with Gasteiger partial charge in [0.15, 0.2) is 0 Å². The van der Waals surface area contributed by atoms with Gasteiger partial charge in [-0.25, -0.2) is 0 Å². The molecule has 1 heterocycles. The lowest BCUT2D eigenvalue weighted by Crippen LogP contribution is -2.39. The highest BCUT2D eigenvalue weighted by Gasteiger charge is 2.30. The number of carbonyl (C=O) groups excluding carboxylic acids is 1. The molecular weight excluding hydrogens is 232 g/mol. The number of hydrogen-bond acceptors (Lipinski definition) is 5. The molecule has 2 rings (SSSR count). The Morgan fingerprint density at radius 3 is 3.06 bits per heavy atom. The Hall–Kier alpha value is -1.36. The van der Waals surface area contributed by atoms with Crippen molar-refractivity contribution in [2.45, 2.75) is 44.7 Å². The molecule has 5 nitrogen and oxygen atoms in total. The highest BCUT2D eigenvalue weighted by atomic mass is 16.5. The van der Waals surface area contributed by atoms with Gasteiger partial charge in [0.2, 0.25) is 0 Å². The van der Waals surface area contributed by atoms with Crippen molar-refractivity contribution in [2.75, 3.05) is 7.11 Å². The molecule has 100 valence electrons. The molecule has 1 aliphatic carbocycles. The van der Waals surface area contributed by atoms with Crippen LogP contribution in [0, 0.1) is 5.92 Å².